The molecule has 0 unspecified atom stereocenters. The minimum absolute atomic E-state index is 0.241. The minimum atomic E-state index is -0.520. The number of nitrogens with zero attached hydrogens (tertiary/aromatic N) is 2. The Morgan fingerprint density at radius 1 is 1.42 bits per heavy atom. The van der Waals surface area contributed by atoms with Crippen molar-refractivity contribution >= 4 is 30.7 Å². The van der Waals surface area contributed by atoms with Crippen LogP contribution >= 0.6 is 0 Å². The number of hydrogen-bond donors (Lipinski definition) is 2. The Labute approximate surface area is 112 Å². The van der Waals surface area contributed by atoms with Crippen molar-refractivity contribution in [2.75, 3.05) is 0 Å². The molecule has 7 heteroatoms. The number of imidazole rings is 1. The first-order valence-corrected chi connectivity index (χ1v) is 5.91. The second-order valence-corrected chi connectivity index (χ2v) is 5.15. The van der Waals surface area contributed by atoms with E-state index in [9.17, 15) is 4.79 Å². The molecule has 0 aromatic carbocycles. The van der Waals surface area contributed by atoms with Gasteiger partial charge < -0.3 is 15.0 Å². The molecule has 0 spiro atoms. The molecule has 98 valence electrons. The standard InChI is InChI=1S/C12H15BN4O2/c1-12(2,3)19-11(18)14-6-9-15-7-4-5-8(13)16-10(7)17-9/h4-5H,6H2,1-3H3,(H,14,18)(H,15,16,17). The van der Waals surface area contributed by atoms with E-state index in [4.69, 9.17) is 12.6 Å². The van der Waals surface area contributed by atoms with Crippen LogP contribution in [0.15, 0.2) is 12.1 Å². The second-order valence-electron chi connectivity index (χ2n) is 5.15. The third-order valence-corrected chi connectivity index (χ3v) is 2.22. The lowest BCUT2D eigenvalue weighted by atomic mass is 10.0. The number of alkyl carbamates (subject to hydrolysis) is 1. The SMILES string of the molecule is [B]c1ccc2[nH]c(CNC(=O)OC(C)(C)C)nc2n1. The van der Waals surface area contributed by atoms with Crippen molar-refractivity contribution in [2.45, 2.75) is 32.9 Å². The number of fused-ring (bicyclic) bond motifs is 1. The average Bonchev–Trinajstić information content (AvgIpc) is 2.66. The van der Waals surface area contributed by atoms with Crippen molar-refractivity contribution < 1.29 is 9.53 Å². The summed E-state index contributed by atoms with van der Waals surface area (Å²) in [6, 6.07) is 3.48. The fourth-order valence-corrected chi connectivity index (χ4v) is 1.51. The number of nitrogens with one attached hydrogen (secondary N) is 2. The highest BCUT2D eigenvalue weighted by Crippen LogP contribution is 2.08. The number of hydrogen-bond acceptors (Lipinski definition) is 4. The number of carbonyl (C=O) groups is 1. The van der Waals surface area contributed by atoms with Crippen LogP contribution in [0.3, 0.4) is 0 Å². The van der Waals surface area contributed by atoms with Gasteiger partial charge in [-0.05, 0) is 38.5 Å². The van der Waals surface area contributed by atoms with Gasteiger partial charge in [0.15, 0.2) is 5.65 Å². The maximum atomic E-state index is 11.5. The molecule has 2 aromatic heterocycles. The Morgan fingerprint density at radius 2 is 2.16 bits per heavy atom. The third-order valence-electron chi connectivity index (χ3n) is 2.22. The topological polar surface area (TPSA) is 79.9 Å². The first kappa shape index (κ1) is 13.4. The Balaban J connectivity index is 2.00. The molecule has 0 saturated heterocycles. The summed E-state index contributed by atoms with van der Waals surface area (Å²) in [7, 11) is 5.57. The van der Waals surface area contributed by atoms with Gasteiger partial charge in [0.1, 0.15) is 19.3 Å². The highest BCUT2D eigenvalue weighted by molar-refractivity contribution is 6.31. The van der Waals surface area contributed by atoms with E-state index in [0.29, 0.717) is 17.1 Å². The molecule has 2 heterocycles. The number of pyridine rings is 1. The molecule has 1 amide bonds. The summed E-state index contributed by atoms with van der Waals surface area (Å²) in [5.74, 6) is 0.596. The molecule has 0 fully saturated rings. The van der Waals surface area contributed by atoms with Gasteiger partial charge in [-0.3, -0.25) is 0 Å². The van der Waals surface area contributed by atoms with E-state index < -0.39 is 11.7 Å². The first-order valence-electron chi connectivity index (χ1n) is 5.91. The fourth-order valence-electron chi connectivity index (χ4n) is 1.51. The summed E-state index contributed by atoms with van der Waals surface area (Å²) in [5.41, 5.74) is 1.19. The Kier molecular flexibility index (Phi) is 3.46. The van der Waals surface area contributed by atoms with Crippen LogP contribution in [0.4, 0.5) is 4.79 Å². The van der Waals surface area contributed by atoms with Gasteiger partial charge in [-0.15, -0.1) is 0 Å². The van der Waals surface area contributed by atoms with Crippen LogP contribution in [0, 0.1) is 0 Å². The van der Waals surface area contributed by atoms with Crippen LogP contribution in [-0.4, -0.2) is 34.5 Å². The molecule has 0 aliphatic carbocycles. The summed E-state index contributed by atoms with van der Waals surface area (Å²) in [6.07, 6.45) is -0.486. The number of ether oxygens (including phenoxy) is 1. The summed E-state index contributed by atoms with van der Waals surface area (Å²) >= 11 is 0. The van der Waals surface area contributed by atoms with Gasteiger partial charge in [0.05, 0.1) is 12.1 Å². The molecule has 2 rings (SSSR count). The molecule has 6 nitrogen and oxygen atoms in total. The van der Waals surface area contributed by atoms with E-state index in [0.717, 1.165) is 5.52 Å². The van der Waals surface area contributed by atoms with Crippen molar-refractivity contribution in [1.29, 1.82) is 0 Å². The zero-order chi connectivity index (χ0) is 14.0. The van der Waals surface area contributed by atoms with Crippen molar-refractivity contribution in [3.63, 3.8) is 0 Å². The van der Waals surface area contributed by atoms with Crippen LogP contribution in [0.25, 0.3) is 11.2 Å². The van der Waals surface area contributed by atoms with E-state index in [2.05, 4.69) is 20.3 Å². The Morgan fingerprint density at radius 3 is 2.84 bits per heavy atom. The highest BCUT2D eigenvalue weighted by Gasteiger charge is 2.16. The lowest BCUT2D eigenvalue weighted by Gasteiger charge is -2.19. The van der Waals surface area contributed by atoms with Gasteiger partial charge in [-0.1, -0.05) is 0 Å². The lowest BCUT2D eigenvalue weighted by Crippen LogP contribution is -2.32. The van der Waals surface area contributed by atoms with Gasteiger partial charge in [-0.2, -0.15) is 0 Å². The average molecular weight is 258 g/mol. The Hall–Kier alpha value is -2.05. The van der Waals surface area contributed by atoms with E-state index in [1.54, 1.807) is 32.9 Å². The molecule has 0 aliphatic heterocycles. The van der Waals surface area contributed by atoms with Crippen LogP contribution < -0.4 is 10.9 Å². The molecule has 0 atom stereocenters. The predicted molar refractivity (Wildman–Crippen MR) is 72.4 cm³/mol. The quantitative estimate of drug-likeness (QED) is 0.780. The summed E-state index contributed by atoms with van der Waals surface area (Å²) in [6.45, 7) is 5.66. The van der Waals surface area contributed by atoms with Crippen LogP contribution in [0.1, 0.15) is 26.6 Å². The number of aromatic amines is 1. The van der Waals surface area contributed by atoms with Crippen molar-refractivity contribution in [3.8, 4) is 0 Å². The zero-order valence-corrected chi connectivity index (χ0v) is 11.2. The van der Waals surface area contributed by atoms with Crippen molar-refractivity contribution in [2.24, 2.45) is 0 Å². The van der Waals surface area contributed by atoms with E-state index >= 15 is 0 Å². The number of rotatable bonds is 2. The number of amides is 1. The second kappa shape index (κ2) is 4.91. The number of carbonyl (C=O) groups excluding carboxylic acids is 1. The van der Waals surface area contributed by atoms with Crippen LogP contribution in [0.5, 0.6) is 0 Å². The van der Waals surface area contributed by atoms with E-state index in [1.165, 1.54) is 0 Å². The highest BCUT2D eigenvalue weighted by atomic mass is 16.6. The van der Waals surface area contributed by atoms with Crippen molar-refractivity contribution in [3.05, 3.63) is 18.0 Å². The lowest BCUT2D eigenvalue weighted by molar-refractivity contribution is 0.0522. The molecular weight excluding hydrogens is 243 g/mol. The summed E-state index contributed by atoms with van der Waals surface area (Å²) < 4.78 is 5.13. The first-order chi connectivity index (χ1) is 8.83. The Bertz CT molecular complexity index is 603. The molecule has 0 aliphatic rings. The molecule has 2 aromatic rings. The minimum Gasteiger partial charge on any atom is -0.444 e. The molecule has 0 bridgehead atoms. The molecule has 19 heavy (non-hydrogen) atoms. The van der Waals surface area contributed by atoms with Gasteiger partial charge in [0.25, 0.3) is 0 Å². The third kappa shape index (κ3) is 3.71. The largest absolute Gasteiger partial charge is 0.444 e. The van der Waals surface area contributed by atoms with Gasteiger partial charge >= 0.3 is 6.09 Å². The molecule has 2 radical (unpaired) electrons. The number of H-pyrrole nitrogens is 1. The van der Waals surface area contributed by atoms with Crippen LogP contribution in [0.2, 0.25) is 0 Å². The smallest absolute Gasteiger partial charge is 0.408 e. The predicted octanol–water partition coefficient (Wildman–Crippen LogP) is 0.776. The maximum absolute atomic E-state index is 11.5. The fraction of sp³-hybridized carbons (Fsp3) is 0.417. The molecule has 0 saturated carbocycles. The summed E-state index contributed by atoms with van der Waals surface area (Å²) in [4.78, 5) is 22.8. The summed E-state index contributed by atoms with van der Waals surface area (Å²) in [5, 5.41) is 2.62. The van der Waals surface area contributed by atoms with E-state index in [-0.39, 0.29) is 6.54 Å². The zero-order valence-electron chi connectivity index (χ0n) is 11.2. The molecular formula is C12H15BN4O2. The van der Waals surface area contributed by atoms with Gasteiger partial charge in [-0.25, -0.2) is 14.8 Å². The maximum Gasteiger partial charge on any atom is 0.408 e. The van der Waals surface area contributed by atoms with E-state index in [1.807, 2.05) is 0 Å². The number of aromatic nitrogens is 3. The normalized spacial score (nSPS) is 11.5. The molecule has 2 N–H and O–H groups in total. The van der Waals surface area contributed by atoms with Gasteiger partial charge in [0, 0.05) is 0 Å². The van der Waals surface area contributed by atoms with Crippen LogP contribution in [-0.2, 0) is 11.3 Å². The van der Waals surface area contributed by atoms with Gasteiger partial charge in [0.2, 0.25) is 0 Å². The van der Waals surface area contributed by atoms with Crippen molar-refractivity contribution in [1.82, 2.24) is 20.3 Å². The monoisotopic (exact) mass is 258 g/mol.